The number of hydrogen-bond acceptors (Lipinski definition) is 4. The summed E-state index contributed by atoms with van der Waals surface area (Å²) in [5.74, 6) is -0.425. The lowest BCUT2D eigenvalue weighted by Crippen LogP contribution is -2.39. The maximum Gasteiger partial charge on any atom is 0.243 e. The number of aryl methyl sites for hydroxylation is 1. The molecule has 0 bridgehead atoms. The molecule has 134 valence electrons. The van der Waals surface area contributed by atoms with Gasteiger partial charge in [-0.2, -0.15) is 0 Å². The maximum atomic E-state index is 12.0. The summed E-state index contributed by atoms with van der Waals surface area (Å²) in [7, 11) is 1.85. The molecule has 0 unspecified atom stereocenters. The number of likely N-dealkylation sites (N-methyl/N-ethyl adjacent to an activating group) is 1. The highest BCUT2D eigenvalue weighted by atomic mass is 35.5. The summed E-state index contributed by atoms with van der Waals surface area (Å²) < 4.78 is 0.733. The third-order valence-corrected chi connectivity index (χ3v) is 4.80. The average Bonchev–Trinajstić information content (AvgIpc) is 2.98. The summed E-state index contributed by atoms with van der Waals surface area (Å²) in [6, 6.07) is 11.4. The van der Waals surface area contributed by atoms with Gasteiger partial charge < -0.3 is 10.6 Å². The Bertz CT molecular complexity index is 733. The summed E-state index contributed by atoms with van der Waals surface area (Å²) >= 11 is 7.39. The first kappa shape index (κ1) is 19.4. The monoisotopic (exact) mass is 379 g/mol. The SMILES string of the molecule is CCc1ccccc1NC(=O)CNC(=O)CN(C)Cc1ccc(Cl)s1. The van der Waals surface area contributed by atoms with Crippen LogP contribution < -0.4 is 10.6 Å². The molecule has 1 heterocycles. The molecular weight excluding hydrogens is 358 g/mol. The first-order valence-electron chi connectivity index (χ1n) is 8.05. The summed E-state index contributed by atoms with van der Waals surface area (Å²) in [5.41, 5.74) is 1.85. The number of rotatable bonds is 8. The number of nitrogens with one attached hydrogen (secondary N) is 2. The van der Waals surface area contributed by atoms with Gasteiger partial charge in [-0.15, -0.1) is 11.3 Å². The number of thiophene rings is 1. The zero-order valence-corrected chi connectivity index (χ0v) is 15.9. The van der Waals surface area contributed by atoms with Crippen LogP contribution in [-0.4, -0.2) is 36.9 Å². The third-order valence-electron chi connectivity index (χ3n) is 3.59. The number of nitrogens with zero attached hydrogens (tertiary/aromatic N) is 1. The van der Waals surface area contributed by atoms with Crippen molar-refractivity contribution in [3.8, 4) is 0 Å². The van der Waals surface area contributed by atoms with Gasteiger partial charge in [0, 0.05) is 17.1 Å². The van der Waals surface area contributed by atoms with E-state index < -0.39 is 0 Å². The molecule has 5 nitrogen and oxygen atoms in total. The lowest BCUT2D eigenvalue weighted by Gasteiger charge is -2.15. The highest BCUT2D eigenvalue weighted by Crippen LogP contribution is 2.22. The summed E-state index contributed by atoms with van der Waals surface area (Å²) in [5, 5.41) is 5.48. The van der Waals surface area contributed by atoms with Crippen LogP contribution in [0.4, 0.5) is 5.69 Å². The number of halogens is 1. The molecule has 2 rings (SSSR count). The van der Waals surface area contributed by atoms with Crippen molar-refractivity contribution in [1.29, 1.82) is 0 Å². The van der Waals surface area contributed by atoms with E-state index in [4.69, 9.17) is 11.6 Å². The number of amides is 2. The van der Waals surface area contributed by atoms with E-state index in [0.29, 0.717) is 6.54 Å². The van der Waals surface area contributed by atoms with Crippen LogP contribution in [0.25, 0.3) is 0 Å². The van der Waals surface area contributed by atoms with E-state index in [1.54, 1.807) is 0 Å². The second-order valence-electron chi connectivity index (χ2n) is 5.71. The molecule has 1 aromatic carbocycles. The fourth-order valence-corrected chi connectivity index (χ4v) is 3.55. The molecule has 1 aromatic heterocycles. The summed E-state index contributed by atoms with van der Waals surface area (Å²) in [6.45, 7) is 2.84. The van der Waals surface area contributed by atoms with Gasteiger partial charge in [-0.3, -0.25) is 14.5 Å². The Hall–Kier alpha value is -1.89. The minimum absolute atomic E-state index is 0.0461. The van der Waals surface area contributed by atoms with Gasteiger partial charge in [0.2, 0.25) is 11.8 Å². The van der Waals surface area contributed by atoms with Crippen LogP contribution in [-0.2, 0) is 22.6 Å². The molecule has 2 aromatic rings. The Morgan fingerprint density at radius 1 is 1.16 bits per heavy atom. The molecule has 0 saturated heterocycles. The van der Waals surface area contributed by atoms with E-state index in [2.05, 4.69) is 10.6 Å². The molecule has 0 spiro atoms. The molecule has 0 saturated carbocycles. The lowest BCUT2D eigenvalue weighted by molar-refractivity contribution is -0.124. The predicted molar refractivity (Wildman–Crippen MR) is 103 cm³/mol. The first-order chi connectivity index (χ1) is 12.0. The van der Waals surface area contributed by atoms with Gasteiger partial charge in [-0.05, 0) is 37.2 Å². The molecular formula is C18H22ClN3O2S. The van der Waals surface area contributed by atoms with E-state index in [0.717, 1.165) is 26.9 Å². The Morgan fingerprint density at radius 2 is 1.92 bits per heavy atom. The fourth-order valence-electron chi connectivity index (χ4n) is 2.38. The van der Waals surface area contributed by atoms with E-state index >= 15 is 0 Å². The predicted octanol–water partition coefficient (Wildman–Crippen LogP) is 3.15. The minimum atomic E-state index is -0.234. The van der Waals surface area contributed by atoms with Crippen LogP contribution in [0.15, 0.2) is 36.4 Å². The second-order valence-corrected chi connectivity index (χ2v) is 7.51. The topological polar surface area (TPSA) is 61.4 Å². The molecule has 7 heteroatoms. The van der Waals surface area contributed by atoms with Crippen molar-refractivity contribution in [1.82, 2.24) is 10.2 Å². The molecule has 2 N–H and O–H groups in total. The molecule has 2 amide bonds. The van der Waals surface area contributed by atoms with Gasteiger partial charge in [0.05, 0.1) is 17.4 Å². The quantitative estimate of drug-likeness (QED) is 0.740. The van der Waals surface area contributed by atoms with E-state index in [-0.39, 0.29) is 24.9 Å². The number of carbonyl (C=O) groups is 2. The van der Waals surface area contributed by atoms with E-state index in [9.17, 15) is 9.59 Å². The van der Waals surface area contributed by atoms with E-state index in [1.165, 1.54) is 11.3 Å². The molecule has 0 atom stereocenters. The second kappa shape index (κ2) is 9.56. The molecule has 0 fully saturated rings. The molecule has 25 heavy (non-hydrogen) atoms. The van der Waals surface area contributed by atoms with Crippen LogP contribution in [0.5, 0.6) is 0 Å². The van der Waals surface area contributed by atoms with Gasteiger partial charge in [0.25, 0.3) is 0 Å². The van der Waals surface area contributed by atoms with Crippen molar-refractivity contribution in [2.45, 2.75) is 19.9 Å². The molecule has 0 aliphatic carbocycles. The van der Waals surface area contributed by atoms with Crippen molar-refractivity contribution < 1.29 is 9.59 Å². The number of hydrogen-bond donors (Lipinski definition) is 2. The number of anilines is 1. The van der Waals surface area contributed by atoms with Crippen LogP contribution in [0, 0.1) is 0 Å². The minimum Gasteiger partial charge on any atom is -0.346 e. The Kier molecular flexibility index (Phi) is 7.43. The maximum absolute atomic E-state index is 12.0. The third kappa shape index (κ3) is 6.49. The largest absolute Gasteiger partial charge is 0.346 e. The Morgan fingerprint density at radius 3 is 2.60 bits per heavy atom. The van der Waals surface area contributed by atoms with Crippen molar-refractivity contribution in [2.75, 3.05) is 25.5 Å². The number of benzene rings is 1. The Balaban J connectivity index is 1.74. The van der Waals surface area contributed by atoms with E-state index in [1.807, 2.05) is 55.3 Å². The van der Waals surface area contributed by atoms with Crippen LogP contribution >= 0.6 is 22.9 Å². The molecule has 0 radical (unpaired) electrons. The van der Waals surface area contributed by atoms with Gasteiger partial charge in [0.1, 0.15) is 0 Å². The highest BCUT2D eigenvalue weighted by molar-refractivity contribution is 7.16. The van der Waals surface area contributed by atoms with Gasteiger partial charge >= 0.3 is 0 Å². The molecule has 0 aliphatic rings. The molecule has 0 aliphatic heterocycles. The van der Waals surface area contributed by atoms with Crippen molar-refractivity contribution in [2.24, 2.45) is 0 Å². The van der Waals surface area contributed by atoms with Crippen LogP contribution in [0.3, 0.4) is 0 Å². The fraction of sp³-hybridized carbons (Fsp3) is 0.333. The smallest absolute Gasteiger partial charge is 0.243 e. The van der Waals surface area contributed by atoms with Crippen molar-refractivity contribution in [3.05, 3.63) is 51.2 Å². The highest BCUT2D eigenvalue weighted by Gasteiger charge is 2.11. The zero-order chi connectivity index (χ0) is 18.2. The van der Waals surface area contributed by atoms with Gasteiger partial charge in [0.15, 0.2) is 0 Å². The average molecular weight is 380 g/mol. The standard InChI is InChI=1S/C18H22ClN3O2S/c1-3-13-6-4-5-7-15(13)21-17(23)10-20-18(24)12-22(2)11-14-8-9-16(19)25-14/h4-9H,3,10-12H2,1-2H3,(H,20,24)(H,21,23). The van der Waals surface area contributed by atoms with Gasteiger partial charge in [-0.25, -0.2) is 0 Å². The van der Waals surface area contributed by atoms with Crippen molar-refractivity contribution in [3.63, 3.8) is 0 Å². The lowest BCUT2D eigenvalue weighted by atomic mass is 10.1. The first-order valence-corrected chi connectivity index (χ1v) is 9.24. The van der Waals surface area contributed by atoms with Gasteiger partial charge in [-0.1, -0.05) is 36.7 Å². The van der Waals surface area contributed by atoms with Crippen LogP contribution in [0.2, 0.25) is 4.34 Å². The Labute approximate surface area is 157 Å². The zero-order valence-electron chi connectivity index (χ0n) is 14.3. The van der Waals surface area contributed by atoms with Crippen molar-refractivity contribution >= 4 is 40.4 Å². The summed E-state index contributed by atoms with van der Waals surface area (Å²) in [6.07, 6.45) is 0.834. The number of carbonyl (C=O) groups excluding carboxylic acids is 2. The number of para-hydroxylation sites is 1. The summed E-state index contributed by atoms with van der Waals surface area (Å²) in [4.78, 5) is 27.0. The van der Waals surface area contributed by atoms with Crippen LogP contribution in [0.1, 0.15) is 17.4 Å². The normalized spacial score (nSPS) is 10.7.